The molecule has 2 aliphatic heterocycles. The molecule has 2 amide bonds. The van der Waals surface area contributed by atoms with Crippen LogP contribution in [0.3, 0.4) is 0 Å². The average molecular weight is 813 g/mol. The summed E-state index contributed by atoms with van der Waals surface area (Å²) in [6.07, 6.45) is 4.88. The molecule has 0 bridgehead atoms. The molecule has 3 heterocycles. The van der Waals surface area contributed by atoms with Crippen LogP contribution in [0.4, 0.5) is 10.2 Å². The largest absolute Gasteiger partial charge is 0.497 e. The van der Waals surface area contributed by atoms with Gasteiger partial charge < -0.3 is 24.0 Å². The van der Waals surface area contributed by atoms with Crippen LogP contribution in [-0.2, 0) is 33.9 Å². The quantitative estimate of drug-likeness (QED) is 0.224. The number of carbonyl (C=O) groups excluding carboxylic acids is 4. The molecule has 3 fully saturated rings. The van der Waals surface area contributed by atoms with Crippen molar-refractivity contribution in [2.75, 3.05) is 39.3 Å². The van der Waals surface area contributed by atoms with Gasteiger partial charge in [-0.2, -0.15) is 4.98 Å². The monoisotopic (exact) mass is 812 g/mol. The number of pyridine rings is 1. The number of esters is 1. The summed E-state index contributed by atoms with van der Waals surface area (Å²) >= 11 is 0. The Morgan fingerprint density at radius 2 is 1.86 bits per heavy atom. The van der Waals surface area contributed by atoms with Gasteiger partial charge in [-0.15, -0.1) is 0 Å². The highest BCUT2D eigenvalue weighted by molar-refractivity contribution is 7.91. The number of allylic oxidation sites excluding steroid dienone is 2. The van der Waals surface area contributed by atoms with Gasteiger partial charge in [-0.3, -0.25) is 23.9 Å². The van der Waals surface area contributed by atoms with E-state index in [1.807, 2.05) is 56.3 Å². The van der Waals surface area contributed by atoms with Crippen LogP contribution in [0.2, 0.25) is 0 Å². The lowest BCUT2D eigenvalue weighted by atomic mass is 9.82. The van der Waals surface area contributed by atoms with Crippen LogP contribution in [-0.4, -0.2) is 99.3 Å². The lowest BCUT2D eigenvalue weighted by Crippen LogP contribution is -2.48. The third kappa shape index (κ3) is 8.92. The van der Waals surface area contributed by atoms with Gasteiger partial charge in [-0.1, -0.05) is 26.0 Å². The van der Waals surface area contributed by atoms with Crippen molar-refractivity contribution in [2.45, 2.75) is 108 Å². The van der Waals surface area contributed by atoms with E-state index in [9.17, 15) is 32.0 Å². The molecular formula is C42H57FN4O9S. The predicted octanol–water partition coefficient (Wildman–Crippen LogP) is 5.54. The van der Waals surface area contributed by atoms with E-state index >= 15 is 0 Å². The lowest BCUT2D eigenvalue weighted by molar-refractivity contribution is -0.154. The molecule has 2 aliphatic carbocycles. The number of sulfonamides is 1. The Kier molecular flexibility index (Phi) is 12.3. The zero-order valence-electron chi connectivity index (χ0n) is 34.1. The Labute approximate surface area is 335 Å². The Balaban J connectivity index is 1.37. The molecule has 57 heavy (non-hydrogen) atoms. The number of benzene rings is 1. The molecule has 2 saturated carbocycles. The van der Waals surface area contributed by atoms with E-state index in [1.165, 1.54) is 4.90 Å². The number of amides is 2. The summed E-state index contributed by atoms with van der Waals surface area (Å²) in [7, 11) is 0.950. The maximum Gasteiger partial charge on any atom is 0.306 e. The number of hydrogen-bond donors (Lipinski definition) is 1. The molecule has 7 atom stereocenters. The van der Waals surface area contributed by atoms with E-state index in [-0.39, 0.29) is 68.9 Å². The molecule has 1 aromatic carbocycles. The molecule has 1 N–H and O–H groups in total. The minimum absolute atomic E-state index is 0.00862. The van der Waals surface area contributed by atoms with Crippen LogP contribution >= 0.6 is 0 Å². The second-order valence-corrected chi connectivity index (χ2v) is 19.4. The van der Waals surface area contributed by atoms with Gasteiger partial charge in [0.2, 0.25) is 27.7 Å². The average Bonchev–Trinajstić information content (AvgIpc) is 4.06. The fourth-order valence-electron chi connectivity index (χ4n) is 8.52. The number of nitrogens with zero attached hydrogens (tertiary/aromatic N) is 3. The molecule has 1 aromatic heterocycles. The van der Waals surface area contributed by atoms with Crippen LogP contribution in [0.15, 0.2) is 36.4 Å². The van der Waals surface area contributed by atoms with Crippen molar-refractivity contribution in [1.82, 2.24) is 14.6 Å². The van der Waals surface area contributed by atoms with Crippen molar-refractivity contribution in [3.8, 4) is 11.6 Å². The fourth-order valence-corrected chi connectivity index (χ4v) is 9.97. The second-order valence-electron chi connectivity index (χ2n) is 17.3. The van der Waals surface area contributed by atoms with Gasteiger partial charge in [-0.05, 0) is 99.8 Å². The van der Waals surface area contributed by atoms with Gasteiger partial charge >= 0.3 is 5.97 Å². The summed E-state index contributed by atoms with van der Waals surface area (Å²) in [6.45, 7) is 6.44. The number of carbonyl (C=O) groups is 4. The maximum atomic E-state index is 14.9. The first kappa shape index (κ1) is 42.3. The normalized spacial score (nSPS) is 29.4. The highest BCUT2D eigenvalue weighted by atomic mass is 32.2. The standard InChI is InChI=1S/C42H57FN4O9S/c1-25(2)55-37(49)20-33-27(4)16-26(3)10-8-9-11-29-21-42(29,40(51)45-57(52,53)41(24-43)14-15-41)22-35(48)34-19-31(23-47(34)39(33)50)56-38-32-13-12-30(54-7)17-28(32)18-36(44-38)46(5)6/h9,11-13,17-18,25-27,29,31,33-34H,8,10,14-16,19-24H2,1-7H3,(H,45,51)/b11-9-/t26-,27-,29-,31-,33+,34+,42-/m1/s1. The number of anilines is 1. The number of ether oxygens (including phenoxy) is 3. The van der Waals surface area contributed by atoms with Crippen molar-refractivity contribution in [3.05, 3.63) is 36.4 Å². The Morgan fingerprint density at radius 1 is 1.12 bits per heavy atom. The van der Waals surface area contributed by atoms with Crippen LogP contribution < -0.4 is 19.1 Å². The topological polar surface area (TPSA) is 162 Å². The number of fused-ring (bicyclic) bond motifs is 3. The first-order valence-corrected chi connectivity index (χ1v) is 21.6. The third-order valence-electron chi connectivity index (χ3n) is 12.3. The summed E-state index contributed by atoms with van der Waals surface area (Å²) in [5, 5.41) is 1.51. The number of aromatic nitrogens is 1. The summed E-state index contributed by atoms with van der Waals surface area (Å²) in [5.74, 6) is -1.87. The molecule has 13 nitrogen and oxygen atoms in total. The summed E-state index contributed by atoms with van der Waals surface area (Å²) in [5.41, 5.74) is -1.39. The SMILES string of the molecule is COc1ccc2c(O[C@@H]3C[C@H]4C(=O)C[C@]5(C(=O)NS(=O)(=O)C6(CF)CC6)C[C@H]5/C=C\CC[C@@H](C)C[C@@H](C)[C@H](CC(=O)OC(C)C)C(=O)N4C3)nc(N(C)C)cc2c1. The van der Waals surface area contributed by atoms with E-state index in [4.69, 9.17) is 19.2 Å². The van der Waals surface area contributed by atoms with E-state index in [0.29, 0.717) is 35.7 Å². The minimum Gasteiger partial charge on any atom is -0.497 e. The van der Waals surface area contributed by atoms with Gasteiger partial charge in [0, 0.05) is 32.3 Å². The molecule has 312 valence electrons. The predicted molar refractivity (Wildman–Crippen MR) is 213 cm³/mol. The van der Waals surface area contributed by atoms with Gasteiger partial charge in [-0.25, -0.2) is 12.8 Å². The molecule has 2 aromatic rings. The van der Waals surface area contributed by atoms with E-state index in [2.05, 4.69) is 11.6 Å². The highest BCUT2D eigenvalue weighted by Crippen LogP contribution is 2.58. The number of ketones is 1. The Morgan fingerprint density at radius 3 is 2.51 bits per heavy atom. The number of methoxy groups -OCH3 is 1. The first-order valence-electron chi connectivity index (χ1n) is 20.1. The van der Waals surface area contributed by atoms with Crippen molar-refractivity contribution in [2.24, 2.45) is 29.1 Å². The van der Waals surface area contributed by atoms with E-state index in [1.54, 1.807) is 27.0 Å². The zero-order valence-corrected chi connectivity index (χ0v) is 34.9. The number of nitrogens with one attached hydrogen (secondary N) is 1. The zero-order chi connectivity index (χ0) is 41.4. The molecule has 6 rings (SSSR count). The molecular weight excluding hydrogens is 756 g/mol. The molecule has 4 aliphatic rings. The lowest BCUT2D eigenvalue weighted by Gasteiger charge is -2.32. The van der Waals surface area contributed by atoms with E-state index in [0.717, 1.165) is 11.8 Å². The fraction of sp³-hybridized carbons (Fsp3) is 0.643. The van der Waals surface area contributed by atoms with Crippen molar-refractivity contribution < 1.29 is 46.2 Å². The molecule has 15 heteroatoms. The number of halogens is 1. The number of Topliss-reactive ketones (excluding diaryl/α,β-unsaturated/α-hetero) is 1. The van der Waals surface area contributed by atoms with Gasteiger partial charge in [0.05, 0.1) is 43.6 Å². The summed E-state index contributed by atoms with van der Waals surface area (Å²) in [6, 6.07) is 6.37. The maximum absolute atomic E-state index is 14.9. The van der Waals surface area contributed by atoms with Gasteiger partial charge in [0.1, 0.15) is 29.1 Å². The first-order chi connectivity index (χ1) is 26.9. The number of hydrogen-bond acceptors (Lipinski definition) is 11. The van der Waals surface area contributed by atoms with Crippen LogP contribution in [0, 0.1) is 29.1 Å². The molecule has 0 radical (unpaired) electrons. The molecule has 0 unspecified atom stereocenters. The molecule has 0 spiro atoms. The number of alkyl halides is 1. The van der Waals surface area contributed by atoms with Crippen LogP contribution in [0.25, 0.3) is 10.8 Å². The molecule has 1 saturated heterocycles. The van der Waals surface area contributed by atoms with E-state index < -0.39 is 68.5 Å². The number of rotatable bonds is 11. The smallest absolute Gasteiger partial charge is 0.306 e. The second kappa shape index (κ2) is 16.5. The van der Waals surface area contributed by atoms with Crippen molar-refractivity contribution in [3.63, 3.8) is 0 Å². The van der Waals surface area contributed by atoms with Gasteiger partial charge in [0.15, 0.2) is 5.78 Å². The highest BCUT2D eigenvalue weighted by Gasteiger charge is 2.63. The summed E-state index contributed by atoms with van der Waals surface area (Å²) < 4.78 is 58.5. The van der Waals surface area contributed by atoms with Crippen LogP contribution in [0.1, 0.15) is 85.5 Å². The minimum atomic E-state index is -4.34. The Bertz CT molecular complexity index is 2020. The third-order valence-corrected chi connectivity index (χ3v) is 14.4. The van der Waals surface area contributed by atoms with Gasteiger partial charge in [0.25, 0.3) is 0 Å². The Hall–Kier alpha value is -4.27. The van der Waals surface area contributed by atoms with Crippen molar-refractivity contribution >= 4 is 50.2 Å². The van der Waals surface area contributed by atoms with Crippen molar-refractivity contribution in [1.29, 1.82) is 0 Å². The summed E-state index contributed by atoms with van der Waals surface area (Å²) in [4.78, 5) is 64.9. The van der Waals surface area contributed by atoms with Crippen LogP contribution in [0.5, 0.6) is 11.6 Å².